The molecular formula is C20H24N4O3. The van der Waals surface area contributed by atoms with E-state index in [4.69, 9.17) is 0 Å². The number of rotatable bonds is 5. The highest BCUT2D eigenvalue weighted by Crippen LogP contribution is 2.25. The molecule has 0 bridgehead atoms. The summed E-state index contributed by atoms with van der Waals surface area (Å²) in [5, 5.41) is 16.7. The zero-order valence-electron chi connectivity index (χ0n) is 15.4. The molecule has 0 atom stereocenters. The molecule has 3 rings (SSSR count). The standard InChI is InChI=1S/C20H24N4O3/c1-15-18(8-5-9-19(15)24(26)27)22-20(25)21-17-10-12-23(13-11-17)14-16-6-3-2-4-7-16/h2-9,17H,10-14H2,1H3,(H2,21,22,25). The maximum Gasteiger partial charge on any atom is 0.319 e. The zero-order valence-corrected chi connectivity index (χ0v) is 15.4. The van der Waals surface area contributed by atoms with E-state index in [0.29, 0.717) is 11.3 Å². The molecule has 2 aromatic rings. The maximum atomic E-state index is 12.3. The zero-order chi connectivity index (χ0) is 19.2. The molecule has 2 N–H and O–H groups in total. The van der Waals surface area contributed by atoms with Crippen LogP contribution in [0.25, 0.3) is 0 Å². The van der Waals surface area contributed by atoms with Crippen LogP contribution in [0.4, 0.5) is 16.2 Å². The Morgan fingerprint density at radius 3 is 2.52 bits per heavy atom. The summed E-state index contributed by atoms with van der Waals surface area (Å²) in [5.74, 6) is 0. The van der Waals surface area contributed by atoms with Crippen molar-refractivity contribution in [2.24, 2.45) is 0 Å². The Kier molecular flexibility index (Phi) is 6.03. The third-order valence-electron chi connectivity index (χ3n) is 4.92. The summed E-state index contributed by atoms with van der Waals surface area (Å²) in [4.78, 5) is 25.2. The molecule has 7 nitrogen and oxygen atoms in total. The number of hydrogen-bond acceptors (Lipinski definition) is 4. The Bertz CT molecular complexity index is 802. The van der Waals surface area contributed by atoms with E-state index >= 15 is 0 Å². The Balaban J connectivity index is 1.49. The van der Waals surface area contributed by atoms with E-state index in [1.165, 1.54) is 11.6 Å². The van der Waals surface area contributed by atoms with Crippen LogP contribution in [0.1, 0.15) is 24.0 Å². The number of nitrogens with zero attached hydrogens (tertiary/aromatic N) is 2. The van der Waals surface area contributed by atoms with E-state index in [0.717, 1.165) is 32.5 Å². The topological polar surface area (TPSA) is 87.5 Å². The first kappa shape index (κ1) is 18.8. The number of amides is 2. The van der Waals surface area contributed by atoms with Gasteiger partial charge in [0.1, 0.15) is 0 Å². The number of nitro groups is 1. The summed E-state index contributed by atoms with van der Waals surface area (Å²) < 4.78 is 0. The molecule has 142 valence electrons. The highest BCUT2D eigenvalue weighted by Gasteiger charge is 2.21. The van der Waals surface area contributed by atoms with Crippen LogP contribution in [-0.2, 0) is 6.54 Å². The predicted octanol–water partition coefficient (Wildman–Crippen LogP) is 3.69. The molecule has 1 aliphatic heterocycles. The monoisotopic (exact) mass is 368 g/mol. The predicted molar refractivity (Wildman–Crippen MR) is 105 cm³/mol. The molecule has 0 unspecified atom stereocenters. The van der Waals surface area contributed by atoms with Gasteiger partial charge in [-0.2, -0.15) is 0 Å². The molecule has 1 fully saturated rings. The van der Waals surface area contributed by atoms with Crippen LogP contribution in [0.2, 0.25) is 0 Å². The van der Waals surface area contributed by atoms with Crippen LogP contribution in [-0.4, -0.2) is 35.0 Å². The van der Waals surface area contributed by atoms with E-state index in [9.17, 15) is 14.9 Å². The van der Waals surface area contributed by atoms with Gasteiger partial charge in [0.15, 0.2) is 0 Å². The molecule has 1 saturated heterocycles. The van der Waals surface area contributed by atoms with E-state index in [1.54, 1.807) is 19.1 Å². The molecule has 1 heterocycles. The lowest BCUT2D eigenvalue weighted by Crippen LogP contribution is -2.45. The minimum atomic E-state index is -0.444. The van der Waals surface area contributed by atoms with Gasteiger partial charge in [0, 0.05) is 31.7 Å². The molecule has 0 aromatic heterocycles. The number of urea groups is 1. The van der Waals surface area contributed by atoms with E-state index in [-0.39, 0.29) is 17.8 Å². The van der Waals surface area contributed by atoms with Crippen molar-refractivity contribution in [2.75, 3.05) is 18.4 Å². The van der Waals surface area contributed by atoms with Crippen LogP contribution in [0, 0.1) is 17.0 Å². The highest BCUT2D eigenvalue weighted by molar-refractivity contribution is 5.90. The fraction of sp³-hybridized carbons (Fsp3) is 0.350. The lowest BCUT2D eigenvalue weighted by atomic mass is 10.0. The van der Waals surface area contributed by atoms with Crippen molar-refractivity contribution in [3.8, 4) is 0 Å². The van der Waals surface area contributed by atoms with Crippen molar-refractivity contribution in [2.45, 2.75) is 32.4 Å². The molecule has 1 aliphatic rings. The number of nitrogens with one attached hydrogen (secondary N) is 2. The van der Waals surface area contributed by atoms with E-state index in [2.05, 4.69) is 27.7 Å². The Morgan fingerprint density at radius 2 is 1.85 bits per heavy atom. The molecular weight excluding hydrogens is 344 g/mol. The summed E-state index contributed by atoms with van der Waals surface area (Å²) in [5.41, 5.74) is 2.21. The van der Waals surface area contributed by atoms with Gasteiger partial charge in [0.25, 0.3) is 5.69 Å². The Hall–Kier alpha value is -2.93. The first-order valence-corrected chi connectivity index (χ1v) is 9.10. The highest BCUT2D eigenvalue weighted by atomic mass is 16.6. The van der Waals surface area contributed by atoms with Gasteiger partial charge >= 0.3 is 6.03 Å². The summed E-state index contributed by atoms with van der Waals surface area (Å²) in [6, 6.07) is 14.8. The van der Waals surface area contributed by atoms with Crippen LogP contribution in [0.5, 0.6) is 0 Å². The third-order valence-corrected chi connectivity index (χ3v) is 4.92. The number of hydrogen-bond donors (Lipinski definition) is 2. The molecule has 0 spiro atoms. The van der Waals surface area contributed by atoms with Crippen molar-refractivity contribution in [1.29, 1.82) is 0 Å². The molecule has 27 heavy (non-hydrogen) atoms. The molecule has 0 saturated carbocycles. The van der Waals surface area contributed by atoms with Crippen LogP contribution < -0.4 is 10.6 Å². The summed E-state index contributed by atoms with van der Waals surface area (Å²) in [6.45, 7) is 4.41. The number of likely N-dealkylation sites (tertiary alicyclic amines) is 1. The van der Waals surface area contributed by atoms with Gasteiger partial charge in [-0.05, 0) is 31.4 Å². The van der Waals surface area contributed by atoms with Crippen LogP contribution in [0.15, 0.2) is 48.5 Å². The number of carbonyl (C=O) groups is 1. The average molecular weight is 368 g/mol. The Labute approximate surface area is 158 Å². The average Bonchev–Trinajstić information content (AvgIpc) is 2.65. The summed E-state index contributed by atoms with van der Waals surface area (Å²) in [7, 11) is 0. The van der Waals surface area contributed by atoms with Gasteiger partial charge in [-0.15, -0.1) is 0 Å². The van der Waals surface area contributed by atoms with Crippen molar-refractivity contribution in [3.05, 3.63) is 69.8 Å². The lowest BCUT2D eigenvalue weighted by molar-refractivity contribution is -0.385. The minimum Gasteiger partial charge on any atom is -0.335 e. The third kappa shape index (κ3) is 5.04. The minimum absolute atomic E-state index is 0.00187. The number of benzene rings is 2. The number of carbonyl (C=O) groups excluding carboxylic acids is 1. The molecule has 2 aromatic carbocycles. The first-order valence-electron chi connectivity index (χ1n) is 9.10. The van der Waals surface area contributed by atoms with Gasteiger partial charge in [-0.25, -0.2) is 4.79 Å². The molecule has 2 amide bonds. The normalized spacial score (nSPS) is 15.3. The first-order chi connectivity index (χ1) is 13.0. The SMILES string of the molecule is Cc1c(NC(=O)NC2CCN(Cc3ccccc3)CC2)cccc1[N+](=O)[O-]. The fourth-order valence-electron chi connectivity index (χ4n) is 3.38. The summed E-state index contributed by atoms with van der Waals surface area (Å²) >= 11 is 0. The quantitative estimate of drug-likeness (QED) is 0.622. The van der Waals surface area contributed by atoms with Crippen LogP contribution in [0.3, 0.4) is 0 Å². The van der Waals surface area contributed by atoms with Crippen molar-refractivity contribution >= 4 is 17.4 Å². The van der Waals surface area contributed by atoms with E-state index < -0.39 is 4.92 Å². The molecule has 0 radical (unpaired) electrons. The Morgan fingerprint density at radius 1 is 1.15 bits per heavy atom. The second-order valence-electron chi connectivity index (χ2n) is 6.84. The van der Waals surface area contributed by atoms with Crippen molar-refractivity contribution < 1.29 is 9.72 Å². The smallest absolute Gasteiger partial charge is 0.319 e. The van der Waals surface area contributed by atoms with Gasteiger partial charge in [0.2, 0.25) is 0 Å². The number of anilines is 1. The fourth-order valence-corrected chi connectivity index (χ4v) is 3.38. The molecule has 7 heteroatoms. The van der Waals surface area contributed by atoms with Crippen molar-refractivity contribution in [3.63, 3.8) is 0 Å². The number of piperidine rings is 1. The second-order valence-corrected chi connectivity index (χ2v) is 6.84. The lowest BCUT2D eigenvalue weighted by Gasteiger charge is -2.32. The largest absolute Gasteiger partial charge is 0.335 e. The van der Waals surface area contributed by atoms with Gasteiger partial charge in [0.05, 0.1) is 16.2 Å². The molecule has 0 aliphatic carbocycles. The van der Waals surface area contributed by atoms with Gasteiger partial charge in [-0.1, -0.05) is 36.4 Å². The van der Waals surface area contributed by atoms with E-state index in [1.807, 2.05) is 18.2 Å². The maximum absolute atomic E-state index is 12.3. The number of nitro benzene ring substituents is 1. The van der Waals surface area contributed by atoms with Crippen molar-refractivity contribution in [1.82, 2.24) is 10.2 Å². The second kappa shape index (κ2) is 8.64. The van der Waals surface area contributed by atoms with Crippen LogP contribution >= 0.6 is 0 Å². The van der Waals surface area contributed by atoms with Gasteiger partial charge in [-0.3, -0.25) is 15.0 Å². The summed E-state index contributed by atoms with van der Waals surface area (Å²) in [6.07, 6.45) is 1.77. The van der Waals surface area contributed by atoms with Gasteiger partial charge < -0.3 is 10.6 Å².